The van der Waals surface area contributed by atoms with Gasteiger partial charge in [-0.15, -0.1) is 0 Å². The van der Waals surface area contributed by atoms with Crippen LogP contribution in [0.4, 0.5) is 14.6 Å². The molecule has 12 nitrogen and oxygen atoms in total. The van der Waals surface area contributed by atoms with Gasteiger partial charge in [0, 0.05) is 30.0 Å². The number of carbonyl (C=O) groups excluding carboxylic acids is 3. The molecule has 44 heavy (non-hydrogen) atoms. The van der Waals surface area contributed by atoms with Crippen molar-refractivity contribution in [3.63, 3.8) is 0 Å². The van der Waals surface area contributed by atoms with Gasteiger partial charge < -0.3 is 20.5 Å². The van der Waals surface area contributed by atoms with Crippen LogP contribution in [0.25, 0.3) is 33.3 Å². The average molecular weight is 600 g/mol. The van der Waals surface area contributed by atoms with Crippen LogP contribution in [0, 0.1) is 12.7 Å². The summed E-state index contributed by atoms with van der Waals surface area (Å²) in [4.78, 5) is 44.9. The standard InChI is InChI=1S/C30H27F2N9O3/c1-16-36-27(20-5-3-4-6-22(20)32)29(39(16)2)37-30(44)24-12-19(31)14-40(24)25(42)15-41-23-8-7-17(18-9-10-34-35-13-18)11-21(23)26(38-41)28(33)43/h3-11,13,19,24H,12,14-15H2,1-2H3,(H2,33,43)(H,37,44). The maximum Gasteiger partial charge on any atom is 0.269 e. The van der Waals surface area contributed by atoms with Crippen LogP contribution in [0.2, 0.25) is 0 Å². The van der Waals surface area contributed by atoms with E-state index in [1.54, 1.807) is 67.2 Å². The molecule has 0 spiro atoms. The van der Waals surface area contributed by atoms with Crippen LogP contribution in [-0.4, -0.2) is 70.9 Å². The van der Waals surface area contributed by atoms with Crippen molar-refractivity contribution in [2.24, 2.45) is 12.8 Å². The van der Waals surface area contributed by atoms with E-state index in [2.05, 4.69) is 25.6 Å². The lowest BCUT2D eigenvalue weighted by Crippen LogP contribution is -2.44. The topological polar surface area (TPSA) is 154 Å². The predicted octanol–water partition coefficient (Wildman–Crippen LogP) is 3.02. The highest BCUT2D eigenvalue weighted by Gasteiger charge is 2.40. The van der Waals surface area contributed by atoms with E-state index in [1.807, 2.05) is 0 Å². The molecule has 1 saturated heterocycles. The van der Waals surface area contributed by atoms with Crippen molar-refractivity contribution in [2.75, 3.05) is 11.9 Å². The largest absolute Gasteiger partial charge is 0.364 e. The van der Waals surface area contributed by atoms with Crippen molar-refractivity contribution >= 4 is 34.4 Å². The smallest absolute Gasteiger partial charge is 0.269 e. The molecule has 2 aromatic carbocycles. The van der Waals surface area contributed by atoms with E-state index < -0.39 is 35.8 Å². The Morgan fingerprint density at radius 3 is 2.61 bits per heavy atom. The number of anilines is 1. The minimum absolute atomic E-state index is 0.0389. The first-order valence-corrected chi connectivity index (χ1v) is 13.7. The van der Waals surface area contributed by atoms with Gasteiger partial charge in [0.15, 0.2) is 5.69 Å². The highest BCUT2D eigenvalue weighted by Crippen LogP contribution is 2.32. The summed E-state index contributed by atoms with van der Waals surface area (Å²) in [6.07, 6.45) is 1.44. The number of carbonyl (C=O) groups is 3. The van der Waals surface area contributed by atoms with Crippen LogP contribution in [0.3, 0.4) is 0 Å². The van der Waals surface area contributed by atoms with Crippen LogP contribution in [0.15, 0.2) is 60.9 Å². The second-order valence-corrected chi connectivity index (χ2v) is 10.5. The fraction of sp³-hybridized carbons (Fsp3) is 0.233. The molecular weight excluding hydrogens is 572 g/mol. The minimum Gasteiger partial charge on any atom is -0.364 e. The number of nitrogens with two attached hydrogens (primary N) is 1. The molecular formula is C30H27F2N9O3. The number of amides is 3. The molecule has 1 aliphatic heterocycles. The van der Waals surface area contributed by atoms with Gasteiger partial charge in [0.1, 0.15) is 41.9 Å². The number of benzene rings is 2. The molecule has 2 unspecified atom stereocenters. The first-order valence-electron chi connectivity index (χ1n) is 13.7. The third-order valence-electron chi connectivity index (χ3n) is 7.75. The molecule has 3 aromatic heterocycles. The van der Waals surface area contributed by atoms with Crippen molar-refractivity contribution in [2.45, 2.75) is 32.1 Å². The number of aromatic nitrogens is 6. The number of fused-ring (bicyclic) bond motifs is 1. The lowest BCUT2D eigenvalue weighted by molar-refractivity contribution is -0.137. The lowest BCUT2D eigenvalue weighted by Gasteiger charge is -2.24. The third kappa shape index (κ3) is 5.14. The Morgan fingerprint density at radius 1 is 1.09 bits per heavy atom. The summed E-state index contributed by atoms with van der Waals surface area (Å²) in [6, 6.07) is 11.8. The first-order chi connectivity index (χ1) is 21.1. The van der Waals surface area contributed by atoms with Crippen molar-refractivity contribution in [3.8, 4) is 22.4 Å². The van der Waals surface area contributed by atoms with Gasteiger partial charge in [-0.1, -0.05) is 18.2 Å². The van der Waals surface area contributed by atoms with Crippen molar-refractivity contribution in [1.29, 1.82) is 0 Å². The van der Waals surface area contributed by atoms with Crippen LogP contribution in [0.5, 0.6) is 0 Å². The Bertz CT molecular complexity index is 1920. The highest BCUT2D eigenvalue weighted by atomic mass is 19.1. The van der Waals surface area contributed by atoms with E-state index in [4.69, 9.17) is 5.73 Å². The summed E-state index contributed by atoms with van der Waals surface area (Å²) >= 11 is 0. The summed E-state index contributed by atoms with van der Waals surface area (Å²) < 4.78 is 32.3. The molecule has 3 N–H and O–H groups in total. The fourth-order valence-corrected chi connectivity index (χ4v) is 5.45. The van der Waals surface area contributed by atoms with Gasteiger partial charge in [-0.3, -0.25) is 19.1 Å². The number of likely N-dealkylation sites (tertiary alicyclic amines) is 1. The molecule has 5 aromatic rings. The van der Waals surface area contributed by atoms with Crippen LogP contribution in [-0.2, 0) is 23.2 Å². The number of primary amides is 1. The SMILES string of the molecule is Cc1nc(-c2ccccc2F)c(NC(=O)C2CC(F)CN2C(=O)Cn2nc(C(N)=O)c3cc(-c4ccnnc4)ccc32)n1C. The molecule has 224 valence electrons. The van der Waals surface area contributed by atoms with Gasteiger partial charge in [-0.05, 0) is 42.8 Å². The number of nitrogens with one attached hydrogen (secondary N) is 1. The van der Waals surface area contributed by atoms with E-state index in [0.29, 0.717) is 16.7 Å². The van der Waals surface area contributed by atoms with E-state index >= 15 is 0 Å². The zero-order valence-corrected chi connectivity index (χ0v) is 23.7. The van der Waals surface area contributed by atoms with Gasteiger partial charge in [-0.2, -0.15) is 15.3 Å². The Kier molecular flexibility index (Phi) is 7.33. The second kappa shape index (κ2) is 11.3. The Labute approximate surface area is 249 Å². The molecule has 4 heterocycles. The second-order valence-electron chi connectivity index (χ2n) is 10.5. The van der Waals surface area contributed by atoms with Gasteiger partial charge in [0.2, 0.25) is 11.8 Å². The molecule has 0 saturated carbocycles. The number of nitrogens with zero attached hydrogens (tertiary/aromatic N) is 7. The van der Waals surface area contributed by atoms with E-state index in [-0.39, 0.29) is 42.3 Å². The third-order valence-corrected chi connectivity index (χ3v) is 7.75. The average Bonchev–Trinajstić information content (AvgIpc) is 3.67. The number of imidazole rings is 1. The number of aryl methyl sites for hydroxylation is 1. The molecule has 2 atom stereocenters. The first kappa shape index (κ1) is 28.6. The number of rotatable bonds is 7. The van der Waals surface area contributed by atoms with Crippen molar-refractivity contribution in [1.82, 2.24) is 34.4 Å². The molecule has 0 radical (unpaired) electrons. The van der Waals surface area contributed by atoms with E-state index in [9.17, 15) is 23.2 Å². The summed E-state index contributed by atoms with van der Waals surface area (Å²) in [5.74, 6) is -1.79. The molecule has 1 aliphatic rings. The van der Waals surface area contributed by atoms with Gasteiger partial charge in [0.05, 0.1) is 24.5 Å². The number of hydrogen-bond donors (Lipinski definition) is 2. The number of halogens is 2. The molecule has 6 rings (SSSR count). The fourth-order valence-electron chi connectivity index (χ4n) is 5.45. The summed E-state index contributed by atoms with van der Waals surface area (Å²) in [5.41, 5.74) is 7.91. The predicted molar refractivity (Wildman–Crippen MR) is 156 cm³/mol. The van der Waals surface area contributed by atoms with Crippen molar-refractivity contribution in [3.05, 3.63) is 78.3 Å². The van der Waals surface area contributed by atoms with Gasteiger partial charge in [0.25, 0.3) is 5.91 Å². The molecule has 0 aliphatic carbocycles. The van der Waals surface area contributed by atoms with Crippen LogP contribution < -0.4 is 11.1 Å². The molecule has 3 amide bonds. The maximum absolute atomic E-state index is 14.7. The molecule has 0 bridgehead atoms. The Hall–Kier alpha value is -5.53. The summed E-state index contributed by atoms with van der Waals surface area (Å²) in [5, 5.41) is 15.1. The minimum atomic E-state index is -1.44. The summed E-state index contributed by atoms with van der Waals surface area (Å²) in [7, 11) is 1.66. The van der Waals surface area contributed by atoms with Crippen molar-refractivity contribution < 1.29 is 23.2 Å². The summed E-state index contributed by atoms with van der Waals surface area (Å²) in [6.45, 7) is 1.03. The Balaban J connectivity index is 1.27. The van der Waals surface area contributed by atoms with E-state index in [0.717, 1.165) is 16.0 Å². The Morgan fingerprint density at radius 2 is 1.89 bits per heavy atom. The monoisotopic (exact) mass is 599 g/mol. The molecule has 14 heteroatoms. The van der Waals surface area contributed by atoms with Gasteiger partial charge in [-0.25, -0.2) is 13.8 Å². The number of hydrogen-bond acceptors (Lipinski definition) is 7. The zero-order valence-electron chi connectivity index (χ0n) is 23.7. The lowest BCUT2D eigenvalue weighted by atomic mass is 10.0. The normalized spacial score (nSPS) is 16.4. The van der Waals surface area contributed by atoms with Gasteiger partial charge >= 0.3 is 0 Å². The number of alkyl halides is 1. The zero-order chi connectivity index (χ0) is 31.1. The maximum atomic E-state index is 14.7. The highest BCUT2D eigenvalue weighted by molar-refractivity contribution is 6.05. The van der Waals surface area contributed by atoms with E-state index in [1.165, 1.54) is 16.9 Å². The van der Waals surface area contributed by atoms with Crippen LogP contribution in [0.1, 0.15) is 22.7 Å². The molecule has 1 fully saturated rings. The van der Waals surface area contributed by atoms with Crippen LogP contribution >= 0.6 is 0 Å². The quantitative estimate of drug-likeness (QED) is 0.292.